The molecule has 5 rings (SSSR count). The van der Waals surface area contributed by atoms with E-state index in [1.165, 1.54) is 0 Å². The Kier molecular flexibility index (Phi) is 4.01. The van der Waals surface area contributed by atoms with Crippen molar-refractivity contribution in [3.05, 3.63) is 65.8 Å². The van der Waals surface area contributed by atoms with E-state index in [2.05, 4.69) is 27.9 Å². The van der Waals surface area contributed by atoms with Gasteiger partial charge in [-0.15, -0.1) is 0 Å². The van der Waals surface area contributed by atoms with Crippen LogP contribution in [0.2, 0.25) is 0 Å². The van der Waals surface area contributed by atoms with Gasteiger partial charge < -0.3 is 14.0 Å². The molecule has 1 aliphatic rings. The van der Waals surface area contributed by atoms with Crippen molar-refractivity contribution in [3.63, 3.8) is 0 Å². The molecule has 29 heavy (non-hydrogen) atoms. The largest absolute Gasteiger partial charge is 0.361 e. The molecule has 0 saturated carbocycles. The summed E-state index contributed by atoms with van der Waals surface area (Å²) in [6.07, 6.45) is 1.30. The van der Waals surface area contributed by atoms with Crippen LogP contribution >= 0.6 is 0 Å². The summed E-state index contributed by atoms with van der Waals surface area (Å²) in [5.74, 6) is 1.85. The molecule has 0 spiro atoms. The van der Waals surface area contributed by atoms with Gasteiger partial charge in [0, 0.05) is 24.7 Å². The highest BCUT2D eigenvalue weighted by molar-refractivity contribution is 5.96. The van der Waals surface area contributed by atoms with Crippen molar-refractivity contribution in [1.29, 1.82) is 0 Å². The Bertz CT molecular complexity index is 1200. The fourth-order valence-corrected chi connectivity index (χ4v) is 4.41. The van der Waals surface area contributed by atoms with Gasteiger partial charge in [0.25, 0.3) is 0 Å². The minimum atomic E-state index is -0.0650. The number of anilines is 1. The van der Waals surface area contributed by atoms with Crippen LogP contribution in [0.5, 0.6) is 0 Å². The highest BCUT2D eigenvalue weighted by atomic mass is 16.5. The molecule has 1 unspecified atom stereocenters. The molecule has 1 atom stereocenters. The van der Waals surface area contributed by atoms with Crippen LogP contribution in [0, 0.1) is 13.8 Å². The average Bonchev–Trinajstić information content (AvgIpc) is 3.37. The third-order valence-electron chi connectivity index (χ3n) is 5.78. The number of nitrogens with zero attached hydrogens (tertiary/aromatic N) is 4. The summed E-state index contributed by atoms with van der Waals surface area (Å²) in [6.45, 7) is 3.87. The van der Waals surface area contributed by atoms with Crippen LogP contribution in [0.4, 0.5) is 5.69 Å². The first-order chi connectivity index (χ1) is 14.0. The molecule has 1 aliphatic heterocycles. The SMILES string of the molecule is Cc1noc(C)c1-c1ccc2c(c1)nc(C1CCC(=O)N1c1ccccc1)n2C. The zero-order valence-electron chi connectivity index (χ0n) is 16.7. The maximum atomic E-state index is 12.6. The van der Waals surface area contributed by atoms with Crippen molar-refractivity contribution in [2.75, 3.05) is 4.90 Å². The number of amides is 1. The average molecular weight is 386 g/mol. The summed E-state index contributed by atoms with van der Waals surface area (Å²) in [5, 5.41) is 4.07. The first kappa shape index (κ1) is 17.7. The summed E-state index contributed by atoms with van der Waals surface area (Å²) < 4.78 is 7.43. The smallest absolute Gasteiger partial charge is 0.227 e. The minimum absolute atomic E-state index is 0.0650. The molecule has 146 valence electrons. The van der Waals surface area contributed by atoms with Gasteiger partial charge in [0.1, 0.15) is 11.6 Å². The number of carbonyl (C=O) groups is 1. The molecule has 6 heteroatoms. The number of benzene rings is 2. The Morgan fingerprint density at radius 2 is 1.90 bits per heavy atom. The van der Waals surface area contributed by atoms with Crippen molar-refractivity contribution in [2.45, 2.75) is 32.7 Å². The minimum Gasteiger partial charge on any atom is -0.361 e. The van der Waals surface area contributed by atoms with Crippen LogP contribution in [0.15, 0.2) is 53.1 Å². The maximum absolute atomic E-state index is 12.6. The maximum Gasteiger partial charge on any atom is 0.227 e. The second-order valence-corrected chi connectivity index (χ2v) is 7.59. The van der Waals surface area contributed by atoms with Gasteiger partial charge in [-0.05, 0) is 50.1 Å². The summed E-state index contributed by atoms with van der Waals surface area (Å²) in [5.41, 5.74) is 5.80. The predicted molar refractivity (Wildman–Crippen MR) is 112 cm³/mol. The number of carbonyl (C=O) groups excluding carboxylic acids is 1. The molecule has 2 aromatic carbocycles. The van der Waals surface area contributed by atoms with Gasteiger partial charge >= 0.3 is 0 Å². The topological polar surface area (TPSA) is 64.2 Å². The molecule has 0 N–H and O–H groups in total. The van der Waals surface area contributed by atoms with Crippen molar-refractivity contribution in [2.24, 2.45) is 7.05 Å². The van der Waals surface area contributed by atoms with Crippen LogP contribution in [0.3, 0.4) is 0 Å². The van der Waals surface area contributed by atoms with E-state index in [1.807, 2.05) is 56.1 Å². The monoisotopic (exact) mass is 386 g/mol. The van der Waals surface area contributed by atoms with Crippen molar-refractivity contribution in [1.82, 2.24) is 14.7 Å². The quantitative estimate of drug-likeness (QED) is 0.511. The number of hydrogen-bond acceptors (Lipinski definition) is 4. The number of hydrogen-bond donors (Lipinski definition) is 0. The highest BCUT2D eigenvalue weighted by Gasteiger charge is 2.36. The lowest BCUT2D eigenvalue weighted by atomic mass is 10.0. The lowest BCUT2D eigenvalue weighted by molar-refractivity contribution is -0.117. The van der Waals surface area contributed by atoms with Crippen LogP contribution in [-0.2, 0) is 11.8 Å². The Labute approximate surface area is 168 Å². The van der Waals surface area contributed by atoms with Gasteiger partial charge in [0.05, 0.1) is 22.8 Å². The van der Waals surface area contributed by atoms with E-state index in [0.29, 0.717) is 6.42 Å². The predicted octanol–water partition coefficient (Wildman–Crippen LogP) is 4.71. The van der Waals surface area contributed by atoms with Gasteiger partial charge in [-0.25, -0.2) is 4.98 Å². The molecule has 0 aliphatic carbocycles. The van der Waals surface area contributed by atoms with Gasteiger partial charge in [0.2, 0.25) is 5.91 Å². The molecular weight excluding hydrogens is 364 g/mol. The first-order valence-electron chi connectivity index (χ1n) is 9.81. The number of aromatic nitrogens is 3. The van der Waals surface area contributed by atoms with E-state index in [1.54, 1.807) is 0 Å². The molecule has 3 heterocycles. The van der Waals surface area contributed by atoms with Crippen LogP contribution in [0.25, 0.3) is 22.2 Å². The Balaban J connectivity index is 1.60. The highest BCUT2D eigenvalue weighted by Crippen LogP contribution is 2.38. The molecule has 6 nitrogen and oxygen atoms in total. The lowest BCUT2D eigenvalue weighted by Crippen LogP contribution is -2.28. The van der Waals surface area contributed by atoms with E-state index in [9.17, 15) is 4.79 Å². The van der Waals surface area contributed by atoms with Crippen LogP contribution in [-0.4, -0.2) is 20.6 Å². The summed E-state index contributed by atoms with van der Waals surface area (Å²) >= 11 is 0. The standard InChI is InChI=1S/C23H22N4O2/c1-14-22(15(2)29-25-14)16-9-10-19-18(13-16)24-23(26(19)3)20-11-12-21(28)27(20)17-7-5-4-6-8-17/h4-10,13,20H,11-12H2,1-3H3. The molecule has 1 saturated heterocycles. The Hall–Kier alpha value is -3.41. The zero-order valence-corrected chi connectivity index (χ0v) is 16.7. The lowest BCUT2D eigenvalue weighted by Gasteiger charge is -2.24. The van der Waals surface area contributed by atoms with Crippen LogP contribution in [0.1, 0.15) is 36.2 Å². The third-order valence-corrected chi connectivity index (χ3v) is 5.78. The molecule has 0 bridgehead atoms. The molecule has 4 aromatic rings. The number of rotatable bonds is 3. The Morgan fingerprint density at radius 1 is 1.10 bits per heavy atom. The first-order valence-corrected chi connectivity index (χ1v) is 9.81. The van der Waals surface area contributed by atoms with Gasteiger partial charge in [0.15, 0.2) is 0 Å². The fraction of sp³-hybridized carbons (Fsp3) is 0.261. The van der Waals surface area contributed by atoms with E-state index >= 15 is 0 Å². The van der Waals surface area contributed by atoms with E-state index in [4.69, 9.17) is 9.51 Å². The van der Waals surface area contributed by atoms with Crippen LogP contribution < -0.4 is 4.90 Å². The second-order valence-electron chi connectivity index (χ2n) is 7.59. The number of fused-ring (bicyclic) bond motifs is 1. The molecule has 2 aromatic heterocycles. The molecule has 1 amide bonds. The van der Waals surface area contributed by atoms with E-state index < -0.39 is 0 Å². The Morgan fingerprint density at radius 3 is 2.62 bits per heavy atom. The molecular formula is C23H22N4O2. The summed E-state index contributed by atoms with van der Waals surface area (Å²) in [7, 11) is 2.02. The van der Waals surface area contributed by atoms with E-state index in [-0.39, 0.29) is 11.9 Å². The number of aryl methyl sites for hydroxylation is 3. The summed E-state index contributed by atoms with van der Waals surface area (Å²) in [4.78, 5) is 19.5. The van der Waals surface area contributed by atoms with Gasteiger partial charge in [-0.3, -0.25) is 4.79 Å². The zero-order chi connectivity index (χ0) is 20.1. The van der Waals surface area contributed by atoms with Gasteiger partial charge in [-0.1, -0.05) is 29.4 Å². The molecule has 0 radical (unpaired) electrons. The van der Waals surface area contributed by atoms with Crippen molar-refractivity contribution in [3.8, 4) is 11.1 Å². The van der Waals surface area contributed by atoms with E-state index in [0.717, 1.165) is 51.5 Å². The van der Waals surface area contributed by atoms with Gasteiger partial charge in [-0.2, -0.15) is 0 Å². The second kappa shape index (κ2) is 6.58. The normalized spacial score (nSPS) is 16.9. The fourth-order valence-electron chi connectivity index (χ4n) is 4.41. The number of para-hydroxylation sites is 1. The molecule has 1 fully saturated rings. The van der Waals surface area contributed by atoms with Crippen molar-refractivity contribution < 1.29 is 9.32 Å². The number of imidazole rings is 1. The third kappa shape index (κ3) is 2.75. The van der Waals surface area contributed by atoms with Crippen molar-refractivity contribution >= 4 is 22.6 Å². The summed E-state index contributed by atoms with van der Waals surface area (Å²) in [6, 6.07) is 16.0.